The summed E-state index contributed by atoms with van der Waals surface area (Å²) in [4.78, 5) is 45.2. The van der Waals surface area contributed by atoms with Crippen molar-refractivity contribution in [3.63, 3.8) is 0 Å². The topological polar surface area (TPSA) is 136 Å². The maximum absolute atomic E-state index is 11.9. The van der Waals surface area contributed by atoms with Crippen LogP contribution in [0.5, 0.6) is 0 Å². The number of nitro benzene ring substituents is 1. The fourth-order valence-corrected chi connectivity index (χ4v) is 2.37. The number of nitrogens with one attached hydrogen (secondary N) is 2. The summed E-state index contributed by atoms with van der Waals surface area (Å²) in [5, 5.41) is 15.9. The van der Waals surface area contributed by atoms with Crippen LogP contribution in [0.25, 0.3) is 11.1 Å². The number of nitrogens with zero attached hydrogens (tertiary/aromatic N) is 2. The van der Waals surface area contributed by atoms with Crippen molar-refractivity contribution in [1.82, 2.24) is 15.2 Å². The van der Waals surface area contributed by atoms with Gasteiger partial charge in [-0.15, -0.1) is 0 Å². The molecule has 1 aromatic heterocycles. The summed E-state index contributed by atoms with van der Waals surface area (Å²) >= 11 is 0. The Morgan fingerprint density at radius 2 is 2.04 bits per heavy atom. The molecule has 26 heavy (non-hydrogen) atoms. The lowest BCUT2D eigenvalue weighted by atomic mass is 10.2. The van der Waals surface area contributed by atoms with E-state index in [0.717, 1.165) is 6.42 Å². The van der Waals surface area contributed by atoms with Crippen LogP contribution >= 0.6 is 0 Å². The molecular formula is C16H20N4O6. The number of rotatable bonds is 9. The predicted octanol–water partition coefficient (Wildman–Crippen LogP) is 0.925. The van der Waals surface area contributed by atoms with Crippen molar-refractivity contribution in [3.05, 3.63) is 38.9 Å². The van der Waals surface area contributed by atoms with Crippen molar-refractivity contribution in [2.45, 2.75) is 32.7 Å². The van der Waals surface area contributed by atoms with Gasteiger partial charge in [0.2, 0.25) is 11.8 Å². The largest absolute Gasteiger partial charge is 0.419 e. The van der Waals surface area contributed by atoms with Gasteiger partial charge in [0.25, 0.3) is 5.69 Å². The van der Waals surface area contributed by atoms with Crippen LogP contribution in [-0.4, -0.2) is 34.4 Å². The summed E-state index contributed by atoms with van der Waals surface area (Å²) in [6.07, 6.45) is 1.30. The third kappa shape index (κ3) is 4.91. The Hall–Kier alpha value is -3.17. The highest BCUT2D eigenvalue weighted by Gasteiger charge is 2.14. The molecule has 2 rings (SSSR count). The van der Waals surface area contributed by atoms with Crippen molar-refractivity contribution in [2.75, 3.05) is 13.1 Å². The Bertz CT molecular complexity index is 869. The highest BCUT2D eigenvalue weighted by atomic mass is 16.6. The maximum atomic E-state index is 11.9. The second-order valence-electron chi connectivity index (χ2n) is 5.66. The number of carbonyl (C=O) groups excluding carboxylic acids is 2. The minimum absolute atomic E-state index is 0.0862. The third-order valence-electron chi connectivity index (χ3n) is 3.67. The Kier molecular flexibility index (Phi) is 6.48. The fourth-order valence-electron chi connectivity index (χ4n) is 2.37. The number of carbonyl (C=O) groups is 2. The average molecular weight is 364 g/mol. The minimum atomic E-state index is -0.639. The molecule has 1 aromatic carbocycles. The smallest absolute Gasteiger partial charge is 0.407 e. The van der Waals surface area contributed by atoms with Gasteiger partial charge in [0, 0.05) is 25.6 Å². The second-order valence-corrected chi connectivity index (χ2v) is 5.66. The van der Waals surface area contributed by atoms with E-state index in [1.807, 2.05) is 6.92 Å². The zero-order chi connectivity index (χ0) is 19.1. The van der Waals surface area contributed by atoms with Gasteiger partial charge in [0.15, 0.2) is 5.58 Å². The predicted molar refractivity (Wildman–Crippen MR) is 92.7 cm³/mol. The van der Waals surface area contributed by atoms with Crippen molar-refractivity contribution >= 4 is 28.6 Å². The summed E-state index contributed by atoms with van der Waals surface area (Å²) in [6.45, 7) is 2.62. The van der Waals surface area contributed by atoms with Gasteiger partial charge in [-0.25, -0.2) is 4.79 Å². The van der Waals surface area contributed by atoms with Gasteiger partial charge >= 0.3 is 5.76 Å². The van der Waals surface area contributed by atoms with E-state index in [4.69, 9.17) is 4.42 Å². The summed E-state index contributed by atoms with van der Waals surface area (Å²) in [6, 6.07) is 3.92. The normalized spacial score (nSPS) is 10.7. The highest BCUT2D eigenvalue weighted by molar-refractivity contribution is 5.84. The Morgan fingerprint density at radius 3 is 2.73 bits per heavy atom. The summed E-state index contributed by atoms with van der Waals surface area (Å²) in [5.41, 5.74) is 0.389. The van der Waals surface area contributed by atoms with Crippen molar-refractivity contribution in [3.8, 4) is 0 Å². The molecule has 0 aliphatic rings. The van der Waals surface area contributed by atoms with Gasteiger partial charge < -0.3 is 15.1 Å². The zero-order valence-electron chi connectivity index (χ0n) is 14.3. The molecule has 0 aliphatic heterocycles. The van der Waals surface area contributed by atoms with Gasteiger partial charge in [-0.2, -0.15) is 0 Å². The number of fused-ring (bicyclic) bond motifs is 1. The molecule has 10 nitrogen and oxygen atoms in total. The van der Waals surface area contributed by atoms with E-state index in [2.05, 4.69) is 10.6 Å². The molecule has 140 valence electrons. The average Bonchev–Trinajstić information content (AvgIpc) is 2.92. The van der Waals surface area contributed by atoms with Crippen LogP contribution in [0.1, 0.15) is 26.2 Å². The molecule has 0 aliphatic carbocycles. The number of non-ortho nitro benzene ring substituents is 1. The van der Waals surface area contributed by atoms with Crippen LogP contribution in [0.2, 0.25) is 0 Å². The molecule has 0 fully saturated rings. The number of nitro groups is 1. The minimum Gasteiger partial charge on any atom is -0.407 e. The molecule has 0 atom stereocenters. The molecule has 2 N–H and O–H groups in total. The Balaban J connectivity index is 1.88. The maximum Gasteiger partial charge on any atom is 0.419 e. The molecule has 2 amide bonds. The first-order valence-electron chi connectivity index (χ1n) is 8.23. The number of benzene rings is 1. The van der Waals surface area contributed by atoms with Crippen LogP contribution < -0.4 is 16.4 Å². The lowest BCUT2D eigenvalue weighted by Crippen LogP contribution is -2.37. The number of aryl methyl sites for hydroxylation is 1. The van der Waals surface area contributed by atoms with Crippen molar-refractivity contribution in [1.29, 1.82) is 0 Å². The van der Waals surface area contributed by atoms with Crippen LogP contribution in [0.3, 0.4) is 0 Å². The van der Waals surface area contributed by atoms with Crippen LogP contribution in [0.15, 0.2) is 27.4 Å². The molecule has 10 heteroatoms. The lowest BCUT2D eigenvalue weighted by molar-refractivity contribution is -0.384. The monoisotopic (exact) mass is 364 g/mol. The van der Waals surface area contributed by atoms with E-state index in [1.165, 1.54) is 22.8 Å². The lowest BCUT2D eigenvalue weighted by Gasteiger charge is -2.06. The second kappa shape index (κ2) is 8.79. The number of oxazole rings is 1. The number of amides is 2. The van der Waals surface area contributed by atoms with E-state index in [9.17, 15) is 24.5 Å². The first kappa shape index (κ1) is 19.2. The van der Waals surface area contributed by atoms with Crippen LogP contribution in [0.4, 0.5) is 5.69 Å². The van der Waals surface area contributed by atoms with Gasteiger partial charge in [-0.1, -0.05) is 6.92 Å². The number of hydrogen-bond acceptors (Lipinski definition) is 6. The first-order valence-corrected chi connectivity index (χ1v) is 8.23. The molecule has 0 saturated heterocycles. The molecule has 2 aromatic rings. The van der Waals surface area contributed by atoms with Gasteiger partial charge in [-0.05, 0) is 18.9 Å². The van der Waals surface area contributed by atoms with Gasteiger partial charge in [0.05, 0.1) is 23.1 Å². The van der Waals surface area contributed by atoms with Gasteiger partial charge in [0.1, 0.15) is 0 Å². The number of aromatic nitrogens is 1. The quantitative estimate of drug-likeness (QED) is 0.501. The zero-order valence-corrected chi connectivity index (χ0v) is 14.3. The summed E-state index contributed by atoms with van der Waals surface area (Å²) in [5.74, 6) is -1.19. The molecule has 0 unspecified atom stereocenters. The Morgan fingerprint density at radius 1 is 1.27 bits per heavy atom. The van der Waals surface area contributed by atoms with Crippen molar-refractivity contribution in [2.24, 2.45) is 0 Å². The molecule has 0 radical (unpaired) electrons. The first-order chi connectivity index (χ1) is 12.4. The van der Waals surface area contributed by atoms with Crippen molar-refractivity contribution < 1.29 is 18.9 Å². The van der Waals surface area contributed by atoms with E-state index in [1.54, 1.807) is 0 Å². The fraction of sp³-hybridized carbons (Fsp3) is 0.438. The molecule has 1 heterocycles. The highest BCUT2D eigenvalue weighted by Crippen LogP contribution is 2.20. The Labute approximate surface area is 148 Å². The molecular weight excluding hydrogens is 344 g/mol. The van der Waals surface area contributed by atoms with E-state index >= 15 is 0 Å². The van der Waals surface area contributed by atoms with E-state index in [-0.39, 0.29) is 42.6 Å². The van der Waals surface area contributed by atoms with E-state index < -0.39 is 10.7 Å². The van der Waals surface area contributed by atoms with Crippen LogP contribution in [-0.2, 0) is 16.1 Å². The van der Waals surface area contributed by atoms with E-state index in [0.29, 0.717) is 18.5 Å². The summed E-state index contributed by atoms with van der Waals surface area (Å²) in [7, 11) is 0. The molecule has 0 bridgehead atoms. The van der Waals surface area contributed by atoms with Gasteiger partial charge in [-0.3, -0.25) is 24.3 Å². The third-order valence-corrected chi connectivity index (χ3v) is 3.67. The SMILES string of the molecule is CCCNC(=O)CNC(=O)CCCn1c(=O)oc2cc([N+](=O)[O-])ccc21. The number of hydrogen-bond donors (Lipinski definition) is 2. The summed E-state index contributed by atoms with van der Waals surface area (Å²) < 4.78 is 6.33. The standard InChI is InChI=1S/C16H20N4O6/c1-2-7-17-15(22)10-18-14(21)4-3-8-19-12-6-5-11(20(24)25)9-13(12)26-16(19)23/h5-6,9H,2-4,7-8,10H2,1H3,(H,17,22)(H,18,21). The molecule has 0 spiro atoms. The van der Waals surface area contributed by atoms with Crippen LogP contribution in [0, 0.1) is 10.1 Å². The molecule has 0 saturated carbocycles.